The van der Waals surface area contributed by atoms with E-state index in [-0.39, 0.29) is 5.97 Å². The Kier molecular flexibility index (Phi) is 5.40. The lowest BCUT2D eigenvalue weighted by Gasteiger charge is -2.10. The van der Waals surface area contributed by atoms with Gasteiger partial charge in [0.1, 0.15) is 0 Å². The summed E-state index contributed by atoms with van der Waals surface area (Å²) in [5.41, 5.74) is 1.82. The zero-order chi connectivity index (χ0) is 13.5. The number of ether oxygens (including phenoxy) is 1. The molecule has 0 atom stereocenters. The van der Waals surface area contributed by atoms with E-state index >= 15 is 0 Å². The van der Waals surface area contributed by atoms with E-state index in [4.69, 9.17) is 0 Å². The molecule has 1 aromatic rings. The molecular weight excluding hydrogens is 238 g/mol. The molecular formula is C16H23NO2. The van der Waals surface area contributed by atoms with Crippen molar-refractivity contribution in [1.82, 2.24) is 5.32 Å². The quantitative estimate of drug-likeness (QED) is 0.631. The summed E-state index contributed by atoms with van der Waals surface area (Å²) in [5, 5.41) is 3.48. The molecule has 0 spiro atoms. The molecule has 0 aliphatic heterocycles. The van der Waals surface area contributed by atoms with Gasteiger partial charge in [0.2, 0.25) is 0 Å². The second-order valence-corrected chi connectivity index (χ2v) is 5.30. The molecule has 0 radical (unpaired) electrons. The van der Waals surface area contributed by atoms with Crippen molar-refractivity contribution in [2.24, 2.45) is 5.92 Å². The van der Waals surface area contributed by atoms with Crippen molar-refractivity contribution in [2.75, 3.05) is 13.7 Å². The van der Waals surface area contributed by atoms with Crippen molar-refractivity contribution in [1.29, 1.82) is 0 Å². The largest absolute Gasteiger partial charge is 0.465 e. The maximum absolute atomic E-state index is 11.3. The Balaban J connectivity index is 1.69. The smallest absolute Gasteiger partial charge is 0.337 e. The number of methoxy groups -OCH3 is 1. The molecule has 0 amide bonds. The van der Waals surface area contributed by atoms with Crippen LogP contribution in [0.25, 0.3) is 0 Å². The van der Waals surface area contributed by atoms with Gasteiger partial charge >= 0.3 is 5.97 Å². The van der Waals surface area contributed by atoms with E-state index in [1.54, 1.807) is 0 Å². The molecule has 0 heterocycles. The van der Waals surface area contributed by atoms with Crippen LogP contribution < -0.4 is 5.32 Å². The van der Waals surface area contributed by atoms with Gasteiger partial charge in [0.15, 0.2) is 0 Å². The normalized spacial score (nSPS) is 15.6. The second-order valence-electron chi connectivity index (χ2n) is 5.30. The van der Waals surface area contributed by atoms with E-state index in [1.807, 2.05) is 24.3 Å². The average molecular weight is 261 g/mol. The van der Waals surface area contributed by atoms with Gasteiger partial charge in [0, 0.05) is 6.54 Å². The Labute approximate surface area is 115 Å². The fraction of sp³-hybridized carbons (Fsp3) is 0.562. The molecule has 1 aliphatic rings. The van der Waals surface area contributed by atoms with Gasteiger partial charge in [0.05, 0.1) is 12.7 Å². The van der Waals surface area contributed by atoms with Crippen molar-refractivity contribution < 1.29 is 9.53 Å². The highest BCUT2D eigenvalue weighted by molar-refractivity contribution is 5.89. The molecule has 1 aliphatic carbocycles. The number of benzene rings is 1. The van der Waals surface area contributed by atoms with Gasteiger partial charge in [-0.05, 0) is 36.6 Å². The van der Waals surface area contributed by atoms with Crippen LogP contribution in [-0.4, -0.2) is 19.6 Å². The first-order valence-electron chi connectivity index (χ1n) is 7.17. The molecule has 3 heteroatoms. The Morgan fingerprint density at radius 3 is 2.58 bits per heavy atom. The maximum atomic E-state index is 11.3. The predicted octanol–water partition coefficient (Wildman–Crippen LogP) is 3.14. The minimum absolute atomic E-state index is 0.277. The predicted molar refractivity (Wildman–Crippen MR) is 76.1 cm³/mol. The topological polar surface area (TPSA) is 38.3 Å². The van der Waals surface area contributed by atoms with E-state index in [1.165, 1.54) is 44.8 Å². The highest BCUT2D eigenvalue weighted by Crippen LogP contribution is 2.26. The van der Waals surface area contributed by atoms with Crippen molar-refractivity contribution in [3.05, 3.63) is 35.4 Å². The summed E-state index contributed by atoms with van der Waals surface area (Å²) in [5.74, 6) is 0.662. The van der Waals surface area contributed by atoms with Crippen molar-refractivity contribution in [3.8, 4) is 0 Å². The third-order valence-corrected chi connectivity index (χ3v) is 3.91. The van der Waals surface area contributed by atoms with E-state index < -0.39 is 0 Å². The zero-order valence-electron chi connectivity index (χ0n) is 11.7. The first kappa shape index (κ1) is 14.1. The highest BCUT2D eigenvalue weighted by Gasteiger charge is 2.13. The summed E-state index contributed by atoms with van der Waals surface area (Å²) in [4.78, 5) is 11.3. The Hall–Kier alpha value is -1.35. The number of hydrogen-bond acceptors (Lipinski definition) is 3. The van der Waals surface area contributed by atoms with E-state index in [2.05, 4.69) is 10.1 Å². The number of nitrogens with one attached hydrogen (secondary N) is 1. The molecule has 1 aromatic carbocycles. The minimum atomic E-state index is -0.277. The van der Waals surface area contributed by atoms with E-state index in [0.29, 0.717) is 5.56 Å². The van der Waals surface area contributed by atoms with Crippen LogP contribution in [-0.2, 0) is 11.3 Å². The van der Waals surface area contributed by atoms with Crippen LogP contribution in [0.15, 0.2) is 24.3 Å². The lowest BCUT2D eigenvalue weighted by Crippen LogP contribution is -2.17. The van der Waals surface area contributed by atoms with Crippen LogP contribution in [0, 0.1) is 5.92 Å². The van der Waals surface area contributed by atoms with Gasteiger partial charge in [0.25, 0.3) is 0 Å². The molecule has 0 unspecified atom stereocenters. The lowest BCUT2D eigenvalue weighted by molar-refractivity contribution is 0.0600. The first-order chi connectivity index (χ1) is 9.29. The maximum Gasteiger partial charge on any atom is 0.337 e. The van der Waals surface area contributed by atoms with Gasteiger partial charge in [-0.1, -0.05) is 37.8 Å². The monoisotopic (exact) mass is 261 g/mol. The van der Waals surface area contributed by atoms with Gasteiger partial charge in [-0.15, -0.1) is 0 Å². The lowest BCUT2D eigenvalue weighted by atomic mass is 10.0. The summed E-state index contributed by atoms with van der Waals surface area (Å²) in [6.07, 6.45) is 6.95. The van der Waals surface area contributed by atoms with Crippen LogP contribution in [0.5, 0.6) is 0 Å². The van der Waals surface area contributed by atoms with Crippen molar-refractivity contribution in [2.45, 2.75) is 38.6 Å². The third-order valence-electron chi connectivity index (χ3n) is 3.91. The fourth-order valence-electron chi connectivity index (χ4n) is 2.71. The number of esters is 1. The summed E-state index contributed by atoms with van der Waals surface area (Å²) in [7, 11) is 1.40. The average Bonchev–Trinajstić information content (AvgIpc) is 2.96. The summed E-state index contributed by atoms with van der Waals surface area (Å²) in [6.45, 7) is 1.96. The zero-order valence-corrected chi connectivity index (χ0v) is 11.7. The molecule has 0 bridgehead atoms. The van der Waals surface area contributed by atoms with E-state index in [9.17, 15) is 4.79 Å². The molecule has 3 nitrogen and oxygen atoms in total. The number of carbonyl (C=O) groups excluding carboxylic acids is 1. The van der Waals surface area contributed by atoms with Crippen LogP contribution >= 0.6 is 0 Å². The molecule has 0 saturated heterocycles. The second kappa shape index (κ2) is 7.29. The van der Waals surface area contributed by atoms with Gasteiger partial charge < -0.3 is 10.1 Å². The van der Waals surface area contributed by atoms with Gasteiger partial charge in [-0.25, -0.2) is 4.79 Å². The molecule has 104 valence electrons. The number of carbonyl (C=O) groups is 1. The Bertz CT molecular complexity index is 394. The van der Waals surface area contributed by atoms with Crippen LogP contribution in [0.3, 0.4) is 0 Å². The summed E-state index contributed by atoms with van der Waals surface area (Å²) < 4.78 is 4.68. The fourth-order valence-corrected chi connectivity index (χ4v) is 2.71. The molecule has 1 saturated carbocycles. The summed E-state index contributed by atoms with van der Waals surface area (Å²) in [6, 6.07) is 7.60. The molecule has 1 N–H and O–H groups in total. The van der Waals surface area contributed by atoms with Crippen molar-refractivity contribution >= 4 is 5.97 Å². The van der Waals surface area contributed by atoms with Crippen LogP contribution in [0.1, 0.15) is 48.0 Å². The van der Waals surface area contributed by atoms with E-state index in [0.717, 1.165) is 19.0 Å². The Morgan fingerprint density at radius 2 is 1.95 bits per heavy atom. The van der Waals surface area contributed by atoms with Gasteiger partial charge in [-0.2, -0.15) is 0 Å². The minimum Gasteiger partial charge on any atom is -0.465 e. The first-order valence-corrected chi connectivity index (χ1v) is 7.17. The van der Waals surface area contributed by atoms with Crippen molar-refractivity contribution in [3.63, 3.8) is 0 Å². The van der Waals surface area contributed by atoms with Crippen LogP contribution in [0.2, 0.25) is 0 Å². The molecule has 0 aromatic heterocycles. The molecule has 1 fully saturated rings. The number of hydrogen-bond donors (Lipinski definition) is 1. The van der Waals surface area contributed by atoms with Gasteiger partial charge in [-0.3, -0.25) is 0 Å². The molecule has 19 heavy (non-hydrogen) atoms. The number of rotatable bonds is 6. The highest BCUT2D eigenvalue weighted by atomic mass is 16.5. The summed E-state index contributed by atoms with van der Waals surface area (Å²) >= 11 is 0. The standard InChI is InChI=1S/C16H23NO2/c1-19-16(18)15-8-6-14(7-9-15)12-17-11-10-13-4-2-3-5-13/h6-9,13,17H,2-5,10-12H2,1H3. The van der Waals surface area contributed by atoms with Crippen LogP contribution in [0.4, 0.5) is 0 Å². The SMILES string of the molecule is COC(=O)c1ccc(CNCCC2CCCC2)cc1. The third kappa shape index (κ3) is 4.35. The molecule has 2 rings (SSSR count). The Morgan fingerprint density at radius 1 is 1.26 bits per heavy atom.